The van der Waals surface area contributed by atoms with Crippen molar-refractivity contribution in [3.05, 3.63) is 35.9 Å². The van der Waals surface area contributed by atoms with Crippen LogP contribution >= 0.6 is 0 Å². The van der Waals surface area contributed by atoms with E-state index in [4.69, 9.17) is 0 Å². The maximum absolute atomic E-state index is 12.2. The molecule has 0 heterocycles. The zero-order chi connectivity index (χ0) is 14.0. The van der Waals surface area contributed by atoms with E-state index in [0.717, 1.165) is 5.56 Å². The molecule has 102 valence electrons. The van der Waals surface area contributed by atoms with Crippen LogP contribution in [0.25, 0.3) is 0 Å². The first-order valence-electron chi connectivity index (χ1n) is 6.46. The van der Waals surface area contributed by atoms with E-state index in [9.17, 15) is 14.7 Å². The summed E-state index contributed by atoms with van der Waals surface area (Å²) in [6.07, 6.45) is 0.551. The molecule has 0 bridgehead atoms. The van der Waals surface area contributed by atoms with Crippen LogP contribution in [0.1, 0.15) is 38.2 Å². The van der Waals surface area contributed by atoms with Gasteiger partial charge in [0.1, 0.15) is 0 Å². The molecule has 1 aliphatic carbocycles. The lowest BCUT2D eigenvalue weighted by molar-refractivity contribution is -0.134. The Morgan fingerprint density at radius 3 is 2.58 bits per heavy atom. The Balaban J connectivity index is 2.33. The maximum atomic E-state index is 12.2. The normalized spacial score (nSPS) is 31.0. The van der Waals surface area contributed by atoms with Crippen LogP contribution in [0.5, 0.6) is 0 Å². The van der Waals surface area contributed by atoms with Gasteiger partial charge < -0.3 is 10.4 Å². The van der Waals surface area contributed by atoms with Gasteiger partial charge in [0.05, 0.1) is 11.6 Å². The Morgan fingerprint density at radius 2 is 2.00 bits per heavy atom. The van der Waals surface area contributed by atoms with Crippen LogP contribution in [-0.4, -0.2) is 28.4 Å². The SMILES string of the molecule is CC(=O)N[C@H]1C(=O)C[C@@](C)(O)C[C@@H]1c1ccccc1. The summed E-state index contributed by atoms with van der Waals surface area (Å²) in [4.78, 5) is 23.4. The number of carbonyl (C=O) groups is 2. The van der Waals surface area contributed by atoms with E-state index in [0.29, 0.717) is 6.42 Å². The number of nitrogens with one attached hydrogen (secondary N) is 1. The molecular weight excluding hydrogens is 242 g/mol. The lowest BCUT2D eigenvalue weighted by atomic mass is 9.72. The minimum atomic E-state index is -1.01. The van der Waals surface area contributed by atoms with Crippen LogP contribution in [-0.2, 0) is 9.59 Å². The largest absolute Gasteiger partial charge is 0.390 e. The van der Waals surface area contributed by atoms with Gasteiger partial charge in [-0.15, -0.1) is 0 Å². The first kappa shape index (κ1) is 13.7. The number of hydrogen-bond acceptors (Lipinski definition) is 3. The third kappa shape index (κ3) is 3.20. The van der Waals surface area contributed by atoms with E-state index < -0.39 is 11.6 Å². The summed E-state index contributed by atoms with van der Waals surface area (Å²) < 4.78 is 0. The molecule has 0 spiro atoms. The third-order valence-corrected chi connectivity index (χ3v) is 3.55. The minimum absolute atomic E-state index is 0.0846. The molecule has 1 aliphatic rings. The van der Waals surface area contributed by atoms with E-state index in [1.165, 1.54) is 6.92 Å². The first-order valence-corrected chi connectivity index (χ1v) is 6.46. The Labute approximate surface area is 112 Å². The number of rotatable bonds is 2. The molecule has 19 heavy (non-hydrogen) atoms. The summed E-state index contributed by atoms with van der Waals surface area (Å²) in [5, 5.41) is 12.9. The summed E-state index contributed by atoms with van der Waals surface area (Å²) in [6, 6.07) is 9.00. The number of amides is 1. The molecule has 3 atom stereocenters. The summed E-state index contributed by atoms with van der Waals surface area (Å²) in [6.45, 7) is 3.08. The molecule has 0 aliphatic heterocycles. The fourth-order valence-electron chi connectivity index (χ4n) is 2.78. The second-order valence-corrected chi connectivity index (χ2v) is 5.54. The molecule has 0 saturated heterocycles. The molecule has 4 heteroatoms. The molecule has 1 aromatic rings. The van der Waals surface area contributed by atoms with Gasteiger partial charge in [0.15, 0.2) is 5.78 Å². The highest BCUT2D eigenvalue weighted by Gasteiger charge is 2.42. The zero-order valence-electron chi connectivity index (χ0n) is 11.2. The van der Waals surface area contributed by atoms with Crippen molar-refractivity contribution in [2.45, 2.75) is 44.2 Å². The van der Waals surface area contributed by atoms with E-state index in [1.54, 1.807) is 6.92 Å². The molecule has 1 saturated carbocycles. The van der Waals surface area contributed by atoms with Gasteiger partial charge in [-0.2, -0.15) is 0 Å². The summed E-state index contributed by atoms with van der Waals surface area (Å²) >= 11 is 0. The third-order valence-electron chi connectivity index (χ3n) is 3.55. The van der Waals surface area contributed by atoms with Gasteiger partial charge in [0.2, 0.25) is 5.91 Å². The minimum Gasteiger partial charge on any atom is -0.390 e. The second-order valence-electron chi connectivity index (χ2n) is 5.54. The van der Waals surface area contributed by atoms with Gasteiger partial charge in [-0.25, -0.2) is 0 Å². The number of ketones is 1. The summed E-state index contributed by atoms with van der Waals surface area (Å²) in [5.41, 5.74) is -0.0402. The fraction of sp³-hybridized carbons (Fsp3) is 0.467. The standard InChI is InChI=1S/C15H19NO3/c1-10(17)16-14-12(11-6-4-3-5-7-11)8-15(2,19)9-13(14)18/h3-7,12,14,19H,8-9H2,1-2H3,(H,16,17)/t12-,14-,15+/m1/s1. The van der Waals surface area contributed by atoms with Crippen molar-refractivity contribution in [1.29, 1.82) is 0 Å². The highest BCUT2D eigenvalue weighted by atomic mass is 16.3. The lowest BCUT2D eigenvalue weighted by Crippen LogP contribution is -2.52. The van der Waals surface area contributed by atoms with Crippen LogP contribution in [0.3, 0.4) is 0 Å². The Bertz CT molecular complexity index is 481. The van der Waals surface area contributed by atoms with Crippen molar-refractivity contribution in [2.75, 3.05) is 0 Å². The van der Waals surface area contributed by atoms with Gasteiger partial charge in [-0.3, -0.25) is 9.59 Å². The summed E-state index contributed by atoms with van der Waals surface area (Å²) in [5.74, 6) is -0.512. The molecule has 4 nitrogen and oxygen atoms in total. The summed E-state index contributed by atoms with van der Waals surface area (Å²) in [7, 11) is 0. The van der Waals surface area contributed by atoms with Gasteiger partial charge in [-0.1, -0.05) is 30.3 Å². The van der Waals surface area contributed by atoms with Crippen molar-refractivity contribution in [2.24, 2.45) is 0 Å². The smallest absolute Gasteiger partial charge is 0.217 e. The number of hydrogen-bond donors (Lipinski definition) is 2. The van der Waals surface area contributed by atoms with Crippen molar-refractivity contribution >= 4 is 11.7 Å². The van der Waals surface area contributed by atoms with Crippen LogP contribution in [0.15, 0.2) is 30.3 Å². The van der Waals surface area contributed by atoms with Crippen LogP contribution < -0.4 is 5.32 Å². The highest BCUT2D eigenvalue weighted by molar-refractivity contribution is 5.90. The van der Waals surface area contributed by atoms with E-state index in [1.807, 2.05) is 30.3 Å². The van der Waals surface area contributed by atoms with Crippen LogP contribution in [0.4, 0.5) is 0 Å². The molecule has 1 amide bonds. The fourth-order valence-corrected chi connectivity index (χ4v) is 2.78. The predicted octanol–water partition coefficient (Wildman–Crippen LogP) is 1.39. The van der Waals surface area contributed by atoms with Gasteiger partial charge in [0, 0.05) is 19.3 Å². The van der Waals surface area contributed by atoms with Gasteiger partial charge >= 0.3 is 0 Å². The van der Waals surface area contributed by atoms with E-state index >= 15 is 0 Å². The zero-order valence-corrected chi connectivity index (χ0v) is 11.2. The Hall–Kier alpha value is -1.68. The van der Waals surface area contributed by atoms with Crippen LogP contribution in [0.2, 0.25) is 0 Å². The molecule has 2 N–H and O–H groups in total. The molecule has 1 aromatic carbocycles. The van der Waals surface area contributed by atoms with Crippen molar-refractivity contribution < 1.29 is 14.7 Å². The molecule has 1 fully saturated rings. The van der Waals surface area contributed by atoms with Gasteiger partial charge in [0.25, 0.3) is 0 Å². The molecule has 2 rings (SSSR count). The topological polar surface area (TPSA) is 66.4 Å². The number of carbonyl (C=O) groups excluding carboxylic acids is 2. The highest BCUT2D eigenvalue weighted by Crippen LogP contribution is 2.36. The molecule has 0 aromatic heterocycles. The lowest BCUT2D eigenvalue weighted by Gasteiger charge is -2.39. The molecular formula is C15H19NO3. The first-order chi connectivity index (χ1) is 8.89. The predicted molar refractivity (Wildman–Crippen MR) is 71.7 cm³/mol. The average molecular weight is 261 g/mol. The molecule has 0 unspecified atom stereocenters. The Morgan fingerprint density at radius 1 is 1.37 bits per heavy atom. The molecule has 0 radical (unpaired) electrons. The van der Waals surface area contributed by atoms with Crippen molar-refractivity contribution in [3.63, 3.8) is 0 Å². The maximum Gasteiger partial charge on any atom is 0.217 e. The number of benzene rings is 1. The van der Waals surface area contributed by atoms with Crippen molar-refractivity contribution in [1.82, 2.24) is 5.32 Å². The number of aliphatic hydroxyl groups is 1. The van der Waals surface area contributed by atoms with Gasteiger partial charge in [-0.05, 0) is 18.9 Å². The van der Waals surface area contributed by atoms with E-state index in [2.05, 4.69) is 5.32 Å². The monoisotopic (exact) mass is 261 g/mol. The van der Waals surface area contributed by atoms with E-state index in [-0.39, 0.29) is 24.0 Å². The quantitative estimate of drug-likeness (QED) is 0.845. The number of Topliss-reactive ketones (excluding diaryl/α,β-unsaturated/α-hetero) is 1. The second kappa shape index (κ2) is 5.13. The average Bonchev–Trinajstić information content (AvgIpc) is 2.32. The van der Waals surface area contributed by atoms with Crippen LogP contribution in [0, 0.1) is 0 Å². The Kier molecular flexibility index (Phi) is 3.71. The van der Waals surface area contributed by atoms with Crippen molar-refractivity contribution in [3.8, 4) is 0 Å².